The number of rotatable bonds is 8. The number of nitrogens with zero attached hydrogens (tertiary/aromatic N) is 5. The number of fused-ring (bicyclic) bond motifs is 2. The van der Waals surface area contributed by atoms with Gasteiger partial charge >= 0.3 is 0 Å². The minimum atomic E-state index is -0.526. The van der Waals surface area contributed by atoms with Gasteiger partial charge in [0, 0.05) is 53.1 Å². The van der Waals surface area contributed by atoms with E-state index < -0.39 is 5.41 Å². The molecule has 0 aliphatic carbocycles. The second-order valence-electron chi connectivity index (χ2n) is 12.1. The third-order valence-corrected chi connectivity index (χ3v) is 7.29. The van der Waals surface area contributed by atoms with Crippen molar-refractivity contribution in [2.45, 2.75) is 20.8 Å². The molecule has 44 heavy (non-hydrogen) atoms. The van der Waals surface area contributed by atoms with Gasteiger partial charge in [-0.25, -0.2) is 14.4 Å². The first-order valence-electron chi connectivity index (χ1n) is 14.3. The van der Waals surface area contributed by atoms with Gasteiger partial charge in [0.2, 0.25) is 5.91 Å². The number of aromatic amines is 2. The summed E-state index contributed by atoms with van der Waals surface area (Å²) < 4.78 is 14.7. The van der Waals surface area contributed by atoms with E-state index in [9.17, 15) is 9.18 Å². The topological polar surface area (TPSA) is 128 Å². The van der Waals surface area contributed by atoms with Gasteiger partial charge in [-0.05, 0) is 67.7 Å². The number of carbonyl (C=O) groups excluding carboxylic acids is 1. The Kier molecular flexibility index (Phi) is 7.56. The molecule has 10 nitrogen and oxygen atoms in total. The molecule has 11 heteroatoms. The van der Waals surface area contributed by atoms with Crippen molar-refractivity contribution in [3.05, 3.63) is 72.9 Å². The van der Waals surface area contributed by atoms with Crippen molar-refractivity contribution in [3.63, 3.8) is 0 Å². The van der Waals surface area contributed by atoms with E-state index in [1.54, 1.807) is 18.6 Å². The lowest BCUT2D eigenvalue weighted by molar-refractivity contribution is -0.123. The van der Waals surface area contributed by atoms with E-state index >= 15 is 0 Å². The average molecular weight is 592 g/mol. The molecular formula is C33H34FN9O. The summed E-state index contributed by atoms with van der Waals surface area (Å²) in [5, 5.41) is 14.7. The highest BCUT2D eigenvalue weighted by Crippen LogP contribution is 2.34. The minimum Gasteiger partial charge on any atom is -0.384 e. The van der Waals surface area contributed by atoms with E-state index in [0.717, 1.165) is 34.1 Å². The summed E-state index contributed by atoms with van der Waals surface area (Å²) in [6, 6.07) is 14.6. The minimum absolute atomic E-state index is 0.0862. The number of nitrogens with one attached hydrogen (secondary N) is 4. The van der Waals surface area contributed by atoms with Crippen molar-refractivity contribution in [3.8, 4) is 33.8 Å². The third kappa shape index (κ3) is 6.00. The van der Waals surface area contributed by atoms with Crippen LogP contribution in [-0.2, 0) is 4.79 Å². The van der Waals surface area contributed by atoms with Crippen LogP contribution in [0.3, 0.4) is 0 Å². The number of halogens is 1. The van der Waals surface area contributed by atoms with E-state index in [2.05, 4.69) is 40.7 Å². The normalized spacial score (nSPS) is 11.9. The monoisotopic (exact) mass is 591 g/mol. The van der Waals surface area contributed by atoms with Gasteiger partial charge in [-0.1, -0.05) is 26.8 Å². The van der Waals surface area contributed by atoms with Gasteiger partial charge in [-0.15, -0.1) is 0 Å². The molecule has 0 spiro atoms. The Balaban J connectivity index is 1.35. The van der Waals surface area contributed by atoms with E-state index in [0.29, 0.717) is 46.2 Å². The molecule has 0 unspecified atom stereocenters. The number of imidazole rings is 1. The number of likely N-dealkylation sites (N-methyl/N-ethyl adjacent to an activating group) is 1. The van der Waals surface area contributed by atoms with Crippen molar-refractivity contribution in [1.82, 2.24) is 35.0 Å². The Labute approximate surface area is 254 Å². The molecule has 6 aromatic rings. The predicted molar refractivity (Wildman–Crippen MR) is 173 cm³/mol. The zero-order chi connectivity index (χ0) is 31.0. The standard InChI is InChI=1S/C33H34FN9O/c1-33(2,3)32(44)38-24-14-21(17-35-18-24)19-6-7-27-26(15-19)29(42-41-27)31-39-28-25(8-9-37-30(28)40-31)20-12-22(34)16-23(13-20)36-10-11-43(4)5/h6-9,12-18,36H,10-11H2,1-5H3,(H,38,44)(H,41,42)(H,37,39,40). The first-order valence-corrected chi connectivity index (χ1v) is 14.3. The number of benzene rings is 2. The highest BCUT2D eigenvalue weighted by atomic mass is 19.1. The molecule has 0 radical (unpaired) electrons. The highest BCUT2D eigenvalue weighted by molar-refractivity contribution is 5.98. The van der Waals surface area contributed by atoms with Crippen LogP contribution in [0.1, 0.15) is 20.8 Å². The van der Waals surface area contributed by atoms with Gasteiger partial charge in [0.1, 0.15) is 11.5 Å². The number of H-pyrrole nitrogens is 2. The van der Waals surface area contributed by atoms with E-state index in [4.69, 9.17) is 4.98 Å². The molecule has 1 amide bonds. The van der Waals surface area contributed by atoms with Crippen molar-refractivity contribution < 1.29 is 9.18 Å². The molecule has 4 N–H and O–H groups in total. The summed E-state index contributed by atoms with van der Waals surface area (Å²) in [6.45, 7) is 7.11. The van der Waals surface area contributed by atoms with Crippen LogP contribution >= 0.6 is 0 Å². The number of hydrogen-bond acceptors (Lipinski definition) is 7. The number of amides is 1. The highest BCUT2D eigenvalue weighted by Gasteiger charge is 2.22. The van der Waals surface area contributed by atoms with E-state index in [1.807, 2.05) is 71.3 Å². The van der Waals surface area contributed by atoms with Crippen molar-refractivity contribution >= 4 is 39.3 Å². The summed E-state index contributed by atoms with van der Waals surface area (Å²) in [4.78, 5) is 31.5. The van der Waals surface area contributed by atoms with Crippen LogP contribution in [0, 0.1) is 11.2 Å². The van der Waals surface area contributed by atoms with Crippen molar-refractivity contribution in [2.75, 3.05) is 37.8 Å². The zero-order valence-corrected chi connectivity index (χ0v) is 25.3. The molecule has 0 aliphatic heterocycles. The fourth-order valence-electron chi connectivity index (χ4n) is 4.89. The first-order chi connectivity index (χ1) is 21.0. The molecule has 0 saturated carbocycles. The molecule has 0 bridgehead atoms. The molecule has 0 atom stereocenters. The number of hydrogen-bond donors (Lipinski definition) is 4. The molecule has 2 aromatic carbocycles. The van der Waals surface area contributed by atoms with Gasteiger partial charge in [0.05, 0.1) is 22.9 Å². The Morgan fingerprint density at radius 3 is 2.59 bits per heavy atom. The van der Waals surface area contributed by atoms with Gasteiger partial charge in [-0.3, -0.25) is 14.9 Å². The maximum Gasteiger partial charge on any atom is 0.229 e. The van der Waals surface area contributed by atoms with Crippen LogP contribution in [0.2, 0.25) is 0 Å². The number of anilines is 2. The van der Waals surface area contributed by atoms with Crippen LogP contribution in [0.15, 0.2) is 67.1 Å². The van der Waals surface area contributed by atoms with Crippen molar-refractivity contribution in [1.29, 1.82) is 0 Å². The zero-order valence-electron chi connectivity index (χ0n) is 25.3. The lowest BCUT2D eigenvalue weighted by Crippen LogP contribution is -2.27. The molecule has 4 aromatic heterocycles. The number of carbonyl (C=O) groups is 1. The second-order valence-corrected chi connectivity index (χ2v) is 12.1. The van der Waals surface area contributed by atoms with Gasteiger partial charge < -0.3 is 20.5 Å². The predicted octanol–water partition coefficient (Wildman–Crippen LogP) is 6.33. The van der Waals surface area contributed by atoms with Crippen LogP contribution in [-0.4, -0.2) is 68.1 Å². The molecular weight excluding hydrogens is 557 g/mol. The van der Waals surface area contributed by atoms with Gasteiger partial charge in [0.15, 0.2) is 11.5 Å². The van der Waals surface area contributed by atoms with Crippen LogP contribution in [0.25, 0.3) is 55.8 Å². The maximum atomic E-state index is 14.7. The SMILES string of the molecule is CN(C)CCNc1cc(F)cc(-c2ccnc3nc(-c4n[nH]c5ccc(-c6cncc(NC(=O)C(C)(C)C)c6)cc45)[nH]c23)c1. The Morgan fingerprint density at radius 2 is 1.80 bits per heavy atom. The Morgan fingerprint density at radius 1 is 0.977 bits per heavy atom. The Bertz CT molecular complexity index is 1990. The quantitative estimate of drug-likeness (QED) is 0.163. The summed E-state index contributed by atoms with van der Waals surface area (Å²) in [5.74, 6) is 0.118. The number of pyridine rings is 2. The van der Waals surface area contributed by atoms with Crippen molar-refractivity contribution in [2.24, 2.45) is 5.41 Å². The second kappa shape index (κ2) is 11.5. The molecule has 0 fully saturated rings. The largest absolute Gasteiger partial charge is 0.384 e. The van der Waals surface area contributed by atoms with Crippen LogP contribution in [0.4, 0.5) is 15.8 Å². The smallest absolute Gasteiger partial charge is 0.229 e. The van der Waals surface area contributed by atoms with E-state index in [1.165, 1.54) is 12.1 Å². The lowest BCUT2D eigenvalue weighted by atomic mass is 9.95. The van der Waals surface area contributed by atoms with Gasteiger partial charge in [-0.2, -0.15) is 5.10 Å². The van der Waals surface area contributed by atoms with E-state index in [-0.39, 0.29) is 11.7 Å². The number of aromatic nitrogens is 6. The lowest BCUT2D eigenvalue weighted by Gasteiger charge is -2.17. The first kappa shape index (κ1) is 28.9. The molecule has 224 valence electrons. The summed E-state index contributed by atoms with van der Waals surface area (Å²) >= 11 is 0. The average Bonchev–Trinajstić information content (AvgIpc) is 3.60. The van der Waals surface area contributed by atoms with Crippen LogP contribution in [0.5, 0.6) is 0 Å². The molecule has 0 saturated heterocycles. The summed E-state index contributed by atoms with van der Waals surface area (Å²) in [6.07, 6.45) is 5.06. The molecule has 0 aliphatic rings. The molecule has 6 rings (SSSR count). The summed E-state index contributed by atoms with van der Waals surface area (Å²) in [7, 11) is 3.99. The summed E-state index contributed by atoms with van der Waals surface area (Å²) in [5.41, 5.74) is 6.69. The fourth-order valence-corrected chi connectivity index (χ4v) is 4.89. The Hall–Kier alpha value is -5.16. The van der Waals surface area contributed by atoms with Crippen LogP contribution < -0.4 is 10.6 Å². The fraction of sp³-hybridized carbons (Fsp3) is 0.242. The maximum absolute atomic E-state index is 14.7. The third-order valence-electron chi connectivity index (χ3n) is 7.29. The van der Waals surface area contributed by atoms with Gasteiger partial charge in [0.25, 0.3) is 0 Å². The molecule has 4 heterocycles.